The summed E-state index contributed by atoms with van der Waals surface area (Å²) in [5.74, 6) is 0.979. The van der Waals surface area contributed by atoms with Crippen LogP contribution in [0.1, 0.15) is 10.4 Å². The number of pyridine rings is 2. The molecule has 4 rings (SSSR count). The predicted molar refractivity (Wildman–Crippen MR) is 94.2 cm³/mol. The number of hydrogen-bond donors (Lipinski definition) is 1. The van der Waals surface area contributed by atoms with Crippen molar-refractivity contribution < 1.29 is 4.79 Å². The summed E-state index contributed by atoms with van der Waals surface area (Å²) in [5, 5.41) is 6.67. The van der Waals surface area contributed by atoms with Crippen LogP contribution in [0.3, 0.4) is 0 Å². The minimum absolute atomic E-state index is 0.0203. The van der Waals surface area contributed by atoms with Crippen molar-refractivity contribution in [2.24, 2.45) is 0 Å². The van der Waals surface area contributed by atoms with E-state index in [1.807, 2.05) is 35.2 Å². The quantitative estimate of drug-likeness (QED) is 0.791. The molecule has 3 aromatic heterocycles. The Balaban J connectivity index is 1.40. The Morgan fingerprint density at radius 1 is 1.00 bits per heavy atom. The summed E-state index contributed by atoms with van der Waals surface area (Å²) in [6.07, 6.45) is 6.91. The van der Waals surface area contributed by atoms with Crippen LogP contribution in [-0.4, -0.2) is 57.2 Å². The Hall–Kier alpha value is -3.22. The summed E-state index contributed by atoms with van der Waals surface area (Å²) in [4.78, 5) is 25.5. The largest absolute Gasteiger partial charge is 0.353 e. The van der Waals surface area contributed by atoms with Crippen LogP contribution in [-0.2, 0) is 0 Å². The lowest BCUT2D eigenvalue weighted by Crippen LogP contribution is -2.49. The van der Waals surface area contributed by atoms with Crippen molar-refractivity contribution in [1.82, 2.24) is 25.1 Å². The highest BCUT2D eigenvalue weighted by Crippen LogP contribution is 2.17. The van der Waals surface area contributed by atoms with E-state index in [0.29, 0.717) is 18.7 Å². The number of hydrogen-bond acceptors (Lipinski definition) is 5. The molecule has 0 aliphatic carbocycles. The molecular formula is C18H18N6O. The Morgan fingerprint density at radius 2 is 1.88 bits per heavy atom. The summed E-state index contributed by atoms with van der Waals surface area (Å²) >= 11 is 0. The van der Waals surface area contributed by atoms with Crippen LogP contribution >= 0.6 is 0 Å². The number of H-pyrrole nitrogens is 1. The van der Waals surface area contributed by atoms with Gasteiger partial charge in [-0.15, -0.1) is 0 Å². The normalized spacial score (nSPS) is 14.6. The van der Waals surface area contributed by atoms with E-state index in [9.17, 15) is 4.79 Å². The summed E-state index contributed by atoms with van der Waals surface area (Å²) in [7, 11) is 0. The number of carbonyl (C=O) groups excluding carboxylic acids is 1. The first-order chi connectivity index (χ1) is 12.3. The first-order valence-corrected chi connectivity index (χ1v) is 8.22. The molecule has 4 heterocycles. The van der Waals surface area contributed by atoms with E-state index < -0.39 is 0 Å². The van der Waals surface area contributed by atoms with Gasteiger partial charge >= 0.3 is 0 Å². The number of amides is 1. The average Bonchev–Trinajstić information content (AvgIpc) is 3.23. The molecule has 0 aromatic carbocycles. The van der Waals surface area contributed by atoms with Crippen molar-refractivity contribution in [2.45, 2.75) is 0 Å². The highest BCUT2D eigenvalue weighted by Gasteiger charge is 2.23. The fourth-order valence-corrected chi connectivity index (χ4v) is 2.94. The zero-order chi connectivity index (χ0) is 17.1. The predicted octanol–water partition coefficient (Wildman–Crippen LogP) is 1.83. The van der Waals surface area contributed by atoms with Gasteiger partial charge in [-0.2, -0.15) is 5.10 Å². The Kier molecular flexibility index (Phi) is 4.12. The third kappa shape index (κ3) is 3.21. The summed E-state index contributed by atoms with van der Waals surface area (Å²) in [6.45, 7) is 2.92. The number of piperazine rings is 1. The van der Waals surface area contributed by atoms with Crippen LogP contribution in [0, 0.1) is 0 Å². The lowest BCUT2D eigenvalue weighted by molar-refractivity contribution is 0.0746. The highest BCUT2D eigenvalue weighted by molar-refractivity contribution is 5.94. The number of rotatable bonds is 3. The topological polar surface area (TPSA) is 78.0 Å². The van der Waals surface area contributed by atoms with E-state index in [1.165, 1.54) is 0 Å². The van der Waals surface area contributed by atoms with E-state index in [-0.39, 0.29) is 5.91 Å². The number of nitrogens with one attached hydrogen (secondary N) is 1. The zero-order valence-corrected chi connectivity index (χ0v) is 13.7. The minimum Gasteiger partial charge on any atom is -0.353 e. The van der Waals surface area contributed by atoms with Crippen LogP contribution < -0.4 is 4.90 Å². The molecular weight excluding hydrogens is 316 g/mol. The zero-order valence-electron chi connectivity index (χ0n) is 13.7. The van der Waals surface area contributed by atoms with E-state index in [0.717, 1.165) is 30.2 Å². The fourth-order valence-electron chi connectivity index (χ4n) is 2.94. The SMILES string of the molecule is O=C(c1ccc(-c2cn[nH]c2)nc1)N1CCN(c2ccccn2)CC1. The molecule has 0 spiro atoms. The molecule has 1 fully saturated rings. The molecule has 7 nitrogen and oxygen atoms in total. The molecule has 0 saturated carbocycles. The van der Waals surface area contributed by atoms with E-state index >= 15 is 0 Å². The number of aromatic amines is 1. The Labute approximate surface area is 145 Å². The third-order valence-electron chi connectivity index (χ3n) is 4.34. The second kappa shape index (κ2) is 6.72. The van der Waals surface area contributed by atoms with E-state index in [4.69, 9.17) is 0 Å². The molecule has 126 valence electrons. The summed E-state index contributed by atoms with van der Waals surface area (Å²) in [6, 6.07) is 9.55. The van der Waals surface area contributed by atoms with Crippen molar-refractivity contribution in [3.63, 3.8) is 0 Å². The fraction of sp³-hybridized carbons (Fsp3) is 0.222. The number of carbonyl (C=O) groups is 1. The van der Waals surface area contributed by atoms with Crippen LogP contribution in [0.15, 0.2) is 55.1 Å². The molecule has 1 aliphatic heterocycles. The number of anilines is 1. The second-order valence-electron chi connectivity index (χ2n) is 5.89. The average molecular weight is 334 g/mol. The third-order valence-corrected chi connectivity index (χ3v) is 4.34. The van der Waals surface area contributed by atoms with Crippen LogP contribution in [0.25, 0.3) is 11.3 Å². The Morgan fingerprint density at radius 3 is 2.52 bits per heavy atom. The van der Waals surface area contributed by atoms with Crippen LogP contribution in [0.4, 0.5) is 5.82 Å². The molecule has 7 heteroatoms. The first-order valence-electron chi connectivity index (χ1n) is 8.22. The molecule has 1 N–H and O–H groups in total. The van der Waals surface area contributed by atoms with Crippen LogP contribution in [0.5, 0.6) is 0 Å². The Bertz CT molecular complexity index is 824. The molecule has 1 amide bonds. The van der Waals surface area contributed by atoms with E-state index in [1.54, 1.807) is 24.8 Å². The van der Waals surface area contributed by atoms with Crippen molar-refractivity contribution >= 4 is 11.7 Å². The maximum Gasteiger partial charge on any atom is 0.255 e. The van der Waals surface area contributed by atoms with Gasteiger partial charge in [0.25, 0.3) is 5.91 Å². The van der Waals surface area contributed by atoms with Crippen molar-refractivity contribution in [2.75, 3.05) is 31.1 Å². The van der Waals surface area contributed by atoms with Crippen molar-refractivity contribution in [1.29, 1.82) is 0 Å². The van der Waals surface area contributed by atoms with Crippen LogP contribution in [0.2, 0.25) is 0 Å². The molecule has 0 radical (unpaired) electrons. The number of aromatic nitrogens is 4. The van der Waals surface area contributed by atoms with Gasteiger partial charge in [0.1, 0.15) is 5.82 Å². The van der Waals surface area contributed by atoms with Crippen molar-refractivity contribution in [3.8, 4) is 11.3 Å². The summed E-state index contributed by atoms with van der Waals surface area (Å²) < 4.78 is 0. The van der Waals surface area contributed by atoms with Gasteiger partial charge in [0.15, 0.2) is 0 Å². The summed E-state index contributed by atoms with van der Waals surface area (Å²) in [5.41, 5.74) is 2.31. The smallest absolute Gasteiger partial charge is 0.255 e. The van der Waals surface area contributed by atoms with Crippen molar-refractivity contribution in [3.05, 3.63) is 60.7 Å². The molecule has 0 atom stereocenters. The maximum absolute atomic E-state index is 12.7. The molecule has 0 bridgehead atoms. The molecule has 1 saturated heterocycles. The van der Waals surface area contributed by atoms with Gasteiger partial charge in [0.05, 0.1) is 17.5 Å². The monoisotopic (exact) mass is 334 g/mol. The van der Waals surface area contributed by atoms with Gasteiger partial charge in [0, 0.05) is 50.3 Å². The van der Waals surface area contributed by atoms with Gasteiger partial charge < -0.3 is 9.80 Å². The second-order valence-corrected chi connectivity index (χ2v) is 5.89. The van der Waals surface area contributed by atoms with E-state index in [2.05, 4.69) is 25.1 Å². The van der Waals surface area contributed by atoms with Gasteiger partial charge in [-0.1, -0.05) is 6.07 Å². The molecule has 25 heavy (non-hydrogen) atoms. The highest BCUT2D eigenvalue weighted by atomic mass is 16.2. The minimum atomic E-state index is 0.0203. The lowest BCUT2D eigenvalue weighted by Gasteiger charge is -2.35. The van der Waals surface area contributed by atoms with Gasteiger partial charge in [-0.3, -0.25) is 14.9 Å². The number of nitrogens with zero attached hydrogens (tertiary/aromatic N) is 5. The molecule has 1 aliphatic rings. The van der Waals surface area contributed by atoms with Gasteiger partial charge in [0.2, 0.25) is 0 Å². The lowest BCUT2D eigenvalue weighted by atomic mass is 10.1. The first kappa shape index (κ1) is 15.3. The maximum atomic E-state index is 12.7. The molecule has 0 unspecified atom stereocenters. The standard InChI is InChI=1S/C18H18N6O/c25-18(14-4-5-16(20-11-14)15-12-21-22-13-15)24-9-7-23(8-10-24)17-3-1-2-6-19-17/h1-6,11-13H,7-10H2,(H,21,22). The van der Waals surface area contributed by atoms with Gasteiger partial charge in [-0.25, -0.2) is 4.98 Å². The molecule has 3 aromatic rings. The van der Waals surface area contributed by atoms with Gasteiger partial charge in [-0.05, 0) is 24.3 Å².